The van der Waals surface area contributed by atoms with Crippen LogP contribution in [0.1, 0.15) is 63.0 Å². The van der Waals surface area contributed by atoms with Gasteiger partial charge in [-0.05, 0) is 54.6 Å². The van der Waals surface area contributed by atoms with Crippen LogP contribution in [0.2, 0.25) is 0 Å². The van der Waals surface area contributed by atoms with E-state index in [-0.39, 0.29) is 0 Å². The first-order valence-corrected chi connectivity index (χ1v) is 7.85. The lowest BCUT2D eigenvalue weighted by Gasteiger charge is -2.28. The van der Waals surface area contributed by atoms with Crippen LogP contribution >= 0.6 is 0 Å². The van der Waals surface area contributed by atoms with Gasteiger partial charge in [0.2, 0.25) is 0 Å². The predicted molar refractivity (Wildman–Crippen MR) is 81.9 cm³/mol. The fourth-order valence-corrected chi connectivity index (χ4v) is 3.42. The van der Waals surface area contributed by atoms with Gasteiger partial charge in [0.25, 0.3) is 0 Å². The lowest BCUT2D eigenvalue weighted by molar-refractivity contribution is -0.138. The van der Waals surface area contributed by atoms with Gasteiger partial charge in [-0.15, -0.1) is 0 Å². The van der Waals surface area contributed by atoms with E-state index in [4.69, 9.17) is 5.11 Å². The minimum Gasteiger partial charge on any atom is -0.481 e. The molecule has 1 aliphatic carbocycles. The summed E-state index contributed by atoms with van der Waals surface area (Å²) in [5.74, 6) is 0.959. The highest BCUT2D eigenvalue weighted by atomic mass is 16.4. The van der Waals surface area contributed by atoms with E-state index in [1.807, 2.05) is 0 Å². The lowest BCUT2D eigenvalue weighted by atomic mass is 9.76. The lowest BCUT2D eigenvalue weighted by Crippen LogP contribution is -2.17. The molecule has 1 aromatic carbocycles. The number of hydrogen-bond donors (Lipinski definition) is 1. The van der Waals surface area contributed by atoms with Crippen molar-refractivity contribution in [2.24, 2.45) is 11.8 Å². The van der Waals surface area contributed by atoms with Crippen LogP contribution in [0.15, 0.2) is 24.3 Å². The van der Waals surface area contributed by atoms with Gasteiger partial charge in [0, 0.05) is 6.42 Å². The van der Waals surface area contributed by atoms with Crippen LogP contribution in [0, 0.1) is 11.8 Å². The topological polar surface area (TPSA) is 37.3 Å². The molecule has 0 aliphatic heterocycles. The maximum atomic E-state index is 10.9. The SMILES string of the molecule is CC(C)Cc1ccc([C@@H]2CCC[C@@H](CC(=O)O)C2)cc1. The molecule has 1 saturated carbocycles. The molecular formula is C18H26O2. The van der Waals surface area contributed by atoms with Crippen molar-refractivity contribution in [3.05, 3.63) is 35.4 Å². The van der Waals surface area contributed by atoms with Crippen molar-refractivity contribution in [3.8, 4) is 0 Å². The van der Waals surface area contributed by atoms with Crippen molar-refractivity contribution in [3.63, 3.8) is 0 Å². The van der Waals surface area contributed by atoms with Crippen LogP contribution in [0.5, 0.6) is 0 Å². The van der Waals surface area contributed by atoms with Gasteiger partial charge in [0.15, 0.2) is 0 Å². The average molecular weight is 274 g/mol. The molecule has 1 aliphatic rings. The molecule has 0 heterocycles. The Morgan fingerprint density at radius 1 is 1.25 bits per heavy atom. The Bertz CT molecular complexity index is 433. The maximum absolute atomic E-state index is 10.9. The summed E-state index contributed by atoms with van der Waals surface area (Å²) in [7, 11) is 0. The zero-order valence-electron chi connectivity index (χ0n) is 12.6. The quantitative estimate of drug-likeness (QED) is 0.849. The number of benzene rings is 1. The Morgan fingerprint density at radius 2 is 1.95 bits per heavy atom. The molecule has 0 spiro atoms. The van der Waals surface area contributed by atoms with Gasteiger partial charge in [0.1, 0.15) is 0 Å². The fraction of sp³-hybridized carbons (Fsp3) is 0.611. The van der Waals surface area contributed by atoms with Gasteiger partial charge < -0.3 is 5.11 Å². The molecule has 2 rings (SSSR count). The molecule has 0 radical (unpaired) electrons. The average Bonchev–Trinajstić information content (AvgIpc) is 2.38. The van der Waals surface area contributed by atoms with Crippen LogP contribution in [-0.4, -0.2) is 11.1 Å². The molecule has 1 aromatic rings. The molecule has 0 aromatic heterocycles. The second-order valence-corrected chi connectivity index (χ2v) is 6.67. The van der Waals surface area contributed by atoms with Crippen LogP contribution < -0.4 is 0 Å². The first-order chi connectivity index (χ1) is 9.54. The molecular weight excluding hydrogens is 248 g/mol. The summed E-state index contributed by atoms with van der Waals surface area (Å²) in [6.07, 6.45) is 5.95. The van der Waals surface area contributed by atoms with Gasteiger partial charge >= 0.3 is 5.97 Å². The summed E-state index contributed by atoms with van der Waals surface area (Å²) in [5, 5.41) is 8.94. The summed E-state index contributed by atoms with van der Waals surface area (Å²) in [6.45, 7) is 4.48. The van der Waals surface area contributed by atoms with E-state index >= 15 is 0 Å². The zero-order chi connectivity index (χ0) is 14.5. The van der Waals surface area contributed by atoms with Crippen LogP contribution in [-0.2, 0) is 11.2 Å². The van der Waals surface area contributed by atoms with E-state index in [9.17, 15) is 4.79 Å². The van der Waals surface area contributed by atoms with Gasteiger partial charge in [-0.2, -0.15) is 0 Å². The Kier molecular flexibility index (Phi) is 5.22. The zero-order valence-corrected chi connectivity index (χ0v) is 12.6. The minimum absolute atomic E-state index is 0.335. The Balaban J connectivity index is 1.98. The number of carboxylic acid groups (broad SMARTS) is 1. The number of carbonyl (C=O) groups is 1. The molecule has 2 heteroatoms. The molecule has 2 atom stereocenters. The summed E-state index contributed by atoms with van der Waals surface area (Å²) >= 11 is 0. The van der Waals surface area contributed by atoms with E-state index in [1.54, 1.807) is 0 Å². The largest absolute Gasteiger partial charge is 0.481 e. The number of aliphatic carboxylic acids is 1. The summed E-state index contributed by atoms with van der Waals surface area (Å²) < 4.78 is 0. The molecule has 20 heavy (non-hydrogen) atoms. The van der Waals surface area contributed by atoms with Crippen molar-refractivity contribution < 1.29 is 9.90 Å². The van der Waals surface area contributed by atoms with Gasteiger partial charge in [-0.25, -0.2) is 0 Å². The van der Waals surface area contributed by atoms with Crippen molar-refractivity contribution in [2.45, 2.75) is 58.3 Å². The van der Waals surface area contributed by atoms with Crippen LogP contribution in [0.4, 0.5) is 0 Å². The van der Waals surface area contributed by atoms with E-state index in [0.29, 0.717) is 24.2 Å². The number of carboxylic acids is 1. The second-order valence-electron chi connectivity index (χ2n) is 6.67. The standard InChI is InChI=1S/C18H26O2/c1-13(2)10-14-6-8-16(9-7-14)17-5-3-4-15(11-17)12-18(19)20/h6-9,13,15,17H,3-5,10-12H2,1-2H3,(H,19,20)/t15-,17-/m1/s1. The second kappa shape index (κ2) is 6.92. The van der Waals surface area contributed by atoms with E-state index in [0.717, 1.165) is 25.7 Å². The molecule has 0 unspecified atom stereocenters. The first kappa shape index (κ1) is 15.1. The van der Waals surface area contributed by atoms with Crippen molar-refractivity contribution in [1.82, 2.24) is 0 Å². The molecule has 0 saturated heterocycles. The molecule has 1 N–H and O–H groups in total. The monoisotopic (exact) mass is 274 g/mol. The van der Waals surface area contributed by atoms with Crippen LogP contribution in [0.3, 0.4) is 0 Å². The van der Waals surface area contributed by atoms with Crippen molar-refractivity contribution >= 4 is 5.97 Å². The highest BCUT2D eigenvalue weighted by Gasteiger charge is 2.24. The fourth-order valence-electron chi connectivity index (χ4n) is 3.42. The Labute approximate surface area is 122 Å². The molecule has 110 valence electrons. The smallest absolute Gasteiger partial charge is 0.303 e. The Morgan fingerprint density at radius 3 is 2.55 bits per heavy atom. The molecule has 0 bridgehead atoms. The predicted octanol–water partition coefficient (Wildman–Crippen LogP) is 4.63. The van der Waals surface area contributed by atoms with E-state index in [2.05, 4.69) is 38.1 Å². The summed E-state index contributed by atoms with van der Waals surface area (Å²) in [4.78, 5) is 10.9. The number of rotatable bonds is 5. The molecule has 0 amide bonds. The highest BCUT2D eigenvalue weighted by molar-refractivity contribution is 5.67. The van der Waals surface area contributed by atoms with Gasteiger partial charge in [-0.3, -0.25) is 4.79 Å². The first-order valence-electron chi connectivity index (χ1n) is 7.85. The maximum Gasteiger partial charge on any atom is 0.303 e. The number of hydrogen-bond acceptors (Lipinski definition) is 1. The van der Waals surface area contributed by atoms with E-state index < -0.39 is 5.97 Å². The van der Waals surface area contributed by atoms with Gasteiger partial charge in [0.05, 0.1) is 0 Å². The summed E-state index contributed by atoms with van der Waals surface area (Å²) in [6, 6.07) is 9.00. The van der Waals surface area contributed by atoms with Gasteiger partial charge in [-0.1, -0.05) is 44.5 Å². The van der Waals surface area contributed by atoms with E-state index in [1.165, 1.54) is 17.5 Å². The highest BCUT2D eigenvalue weighted by Crippen LogP contribution is 2.37. The molecule has 2 nitrogen and oxygen atoms in total. The third-order valence-electron chi connectivity index (χ3n) is 4.34. The van der Waals surface area contributed by atoms with Crippen molar-refractivity contribution in [2.75, 3.05) is 0 Å². The van der Waals surface area contributed by atoms with Crippen molar-refractivity contribution in [1.29, 1.82) is 0 Å². The third-order valence-corrected chi connectivity index (χ3v) is 4.34. The third kappa shape index (κ3) is 4.36. The van der Waals surface area contributed by atoms with Crippen LogP contribution in [0.25, 0.3) is 0 Å². The minimum atomic E-state index is -0.650. The normalized spacial score (nSPS) is 22.9. The summed E-state index contributed by atoms with van der Waals surface area (Å²) in [5.41, 5.74) is 2.80. The Hall–Kier alpha value is -1.31. The molecule has 1 fully saturated rings.